The number of nitrogens with zero attached hydrogens (tertiary/aromatic N) is 4. The molecule has 1 saturated heterocycles. The van der Waals surface area contributed by atoms with Crippen LogP contribution in [-0.4, -0.2) is 54.2 Å². The summed E-state index contributed by atoms with van der Waals surface area (Å²) in [6.07, 6.45) is 0.797. The van der Waals surface area contributed by atoms with Gasteiger partial charge in [0, 0.05) is 49.1 Å². The van der Waals surface area contributed by atoms with Crippen LogP contribution in [0.25, 0.3) is 11.4 Å². The summed E-state index contributed by atoms with van der Waals surface area (Å²) in [6.45, 7) is 2.93. The molecule has 0 atom stereocenters. The van der Waals surface area contributed by atoms with Crippen molar-refractivity contribution in [1.29, 1.82) is 0 Å². The van der Waals surface area contributed by atoms with Crippen LogP contribution in [0, 0.1) is 0 Å². The molecule has 0 bridgehead atoms. The zero-order chi connectivity index (χ0) is 20.9. The molecule has 1 aliphatic rings. The van der Waals surface area contributed by atoms with Gasteiger partial charge in [0.15, 0.2) is 0 Å². The Labute approximate surface area is 183 Å². The summed E-state index contributed by atoms with van der Waals surface area (Å²) < 4.78 is 11.8. The number of anilines is 1. The molecule has 0 N–H and O–H groups in total. The van der Waals surface area contributed by atoms with E-state index in [2.05, 4.69) is 37.0 Å². The van der Waals surface area contributed by atoms with Gasteiger partial charge < -0.3 is 19.1 Å². The number of para-hydroxylation sites is 2. The molecule has 30 heavy (non-hydrogen) atoms. The number of halogens is 1. The third-order valence-electron chi connectivity index (χ3n) is 5.18. The van der Waals surface area contributed by atoms with Crippen LogP contribution < -0.4 is 9.64 Å². The number of rotatable bonds is 6. The lowest BCUT2D eigenvalue weighted by Gasteiger charge is -2.36. The molecule has 0 spiro atoms. The van der Waals surface area contributed by atoms with Crippen LogP contribution in [0.15, 0.2) is 57.5 Å². The molecule has 3 aromatic rings. The fourth-order valence-electron chi connectivity index (χ4n) is 3.53. The molecule has 2 aromatic carbocycles. The van der Waals surface area contributed by atoms with E-state index in [0.717, 1.165) is 34.6 Å². The van der Waals surface area contributed by atoms with E-state index in [1.54, 1.807) is 7.11 Å². The Morgan fingerprint density at radius 1 is 1.10 bits per heavy atom. The van der Waals surface area contributed by atoms with Gasteiger partial charge in [0.25, 0.3) is 0 Å². The van der Waals surface area contributed by atoms with Crippen molar-refractivity contribution < 1.29 is 14.1 Å². The van der Waals surface area contributed by atoms with Gasteiger partial charge in [-0.2, -0.15) is 4.98 Å². The molecule has 1 aromatic heterocycles. The molecule has 0 unspecified atom stereocenters. The Morgan fingerprint density at radius 3 is 2.57 bits per heavy atom. The maximum Gasteiger partial charge on any atom is 0.227 e. The minimum Gasteiger partial charge on any atom is -0.495 e. The molecule has 1 aliphatic heterocycles. The molecular weight excluding hydrogens is 448 g/mol. The molecule has 0 saturated carbocycles. The van der Waals surface area contributed by atoms with Crippen molar-refractivity contribution in [2.45, 2.75) is 12.8 Å². The third kappa shape index (κ3) is 4.64. The SMILES string of the molecule is COc1ccccc1N1CCN(C(=O)CCc2nc(-c3ccc(Br)cc3)no2)CC1. The Morgan fingerprint density at radius 2 is 1.83 bits per heavy atom. The number of hydrogen-bond donors (Lipinski definition) is 0. The zero-order valence-corrected chi connectivity index (χ0v) is 18.3. The van der Waals surface area contributed by atoms with Crippen LogP contribution >= 0.6 is 15.9 Å². The Bertz CT molecular complexity index is 998. The minimum atomic E-state index is 0.109. The predicted octanol–water partition coefficient (Wildman–Crippen LogP) is 3.79. The van der Waals surface area contributed by atoms with E-state index in [0.29, 0.717) is 37.6 Å². The molecule has 156 valence electrons. The summed E-state index contributed by atoms with van der Waals surface area (Å²) in [5.41, 5.74) is 1.95. The highest BCUT2D eigenvalue weighted by Gasteiger charge is 2.23. The van der Waals surface area contributed by atoms with Gasteiger partial charge in [0.2, 0.25) is 17.6 Å². The molecule has 1 fully saturated rings. The van der Waals surface area contributed by atoms with Crippen molar-refractivity contribution >= 4 is 27.5 Å². The summed E-state index contributed by atoms with van der Waals surface area (Å²) in [4.78, 5) is 21.2. The number of piperazine rings is 1. The number of aryl methyl sites for hydroxylation is 1. The number of methoxy groups -OCH3 is 1. The summed E-state index contributed by atoms with van der Waals surface area (Å²) in [6, 6.07) is 15.7. The van der Waals surface area contributed by atoms with Gasteiger partial charge in [0.1, 0.15) is 5.75 Å². The number of benzene rings is 2. The fourth-order valence-corrected chi connectivity index (χ4v) is 3.80. The summed E-state index contributed by atoms with van der Waals surface area (Å²) in [5.74, 6) is 1.98. The Balaban J connectivity index is 1.29. The average molecular weight is 471 g/mol. The highest BCUT2D eigenvalue weighted by Crippen LogP contribution is 2.28. The standard InChI is InChI=1S/C22H23BrN4O3/c1-29-19-5-3-2-4-18(19)26-12-14-27(15-13-26)21(28)11-10-20-24-22(25-30-20)16-6-8-17(23)9-7-16/h2-9H,10-15H2,1H3. The maximum absolute atomic E-state index is 12.6. The van der Waals surface area contributed by atoms with Crippen LogP contribution in [-0.2, 0) is 11.2 Å². The Hall–Kier alpha value is -2.87. The Kier molecular flexibility index (Phi) is 6.32. The van der Waals surface area contributed by atoms with E-state index in [-0.39, 0.29) is 5.91 Å². The number of hydrogen-bond acceptors (Lipinski definition) is 6. The van der Waals surface area contributed by atoms with E-state index in [1.807, 2.05) is 47.4 Å². The molecule has 0 aliphatic carbocycles. The number of carbonyl (C=O) groups is 1. The summed E-state index contributed by atoms with van der Waals surface area (Å²) >= 11 is 3.41. The first-order chi connectivity index (χ1) is 14.6. The van der Waals surface area contributed by atoms with Crippen molar-refractivity contribution in [3.8, 4) is 17.1 Å². The van der Waals surface area contributed by atoms with Crippen molar-refractivity contribution in [1.82, 2.24) is 15.0 Å². The summed E-state index contributed by atoms with van der Waals surface area (Å²) in [7, 11) is 1.68. The second kappa shape index (κ2) is 9.30. The van der Waals surface area contributed by atoms with Crippen LogP contribution in [0.3, 0.4) is 0 Å². The lowest BCUT2D eigenvalue weighted by Crippen LogP contribution is -2.48. The quantitative estimate of drug-likeness (QED) is 0.545. The van der Waals surface area contributed by atoms with E-state index < -0.39 is 0 Å². The van der Waals surface area contributed by atoms with Gasteiger partial charge in [0.05, 0.1) is 12.8 Å². The first-order valence-electron chi connectivity index (χ1n) is 9.88. The topological polar surface area (TPSA) is 71.7 Å². The number of carbonyl (C=O) groups excluding carboxylic acids is 1. The number of aromatic nitrogens is 2. The molecule has 7 nitrogen and oxygen atoms in total. The monoisotopic (exact) mass is 470 g/mol. The number of ether oxygens (including phenoxy) is 1. The van der Waals surface area contributed by atoms with Gasteiger partial charge in [-0.25, -0.2) is 0 Å². The van der Waals surface area contributed by atoms with Gasteiger partial charge in [-0.1, -0.05) is 33.2 Å². The van der Waals surface area contributed by atoms with E-state index in [9.17, 15) is 4.79 Å². The molecule has 2 heterocycles. The van der Waals surface area contributed by atoms with Crippen LogP contribution in [0.4, 0.5) is 5.69 Å². The number of amides is 1. The van der Waals surface area contributed by atoms with Crippen LogP contribution in [0.2, 0.25) is 0 Å². The smallest absolute Gasteiger partial charge is 0.227 e. The first-order valence-corrected chi connectivity index (χ1v) is 10.7. The molecule has 0 radical (unpaired) electrons. The molecular formula is C22H23BrN4O3. The van der Waals surface area contributed by atoms with Gasteiger partial charge in [-0.05, 0) is 36.4 Å². The first kappa shape index (κ1) is 20.4. The van der Waals surface area contributed by atoms with Gasteiger partial charge >= 0.3 is 0 Å². The van der Waals surface area contributed by atoms with Crippen LogP contribution in [0.1, 0.15) is 12.3 Å². The second-order valence-electron chi connectivity index (χ2n) is 7.06. The zero-order valence-electron chi connectivity index (χ0n) is 16.8. The van der Waals surface area contributed by atoms with E-state index in [1.165, 1.54) is 0 Å². The molecule has 1 amide bonds. The van der Waals surface area contributed by atoms with E-state index in [4.69, 9.17) is 9.26 Å². The highest BCUT2D eigenvalue weighted by atomic mass is 79.9. The minimum absolute atomic E-state index is 0.109. The lowest BCUT2D eigenvalue weighted by molar-refractivity contribution is -0.131. The maximum atomic E-state index is 12.6. The second-order valence-corrected chi connectivity index (χ2v) is 7.97. The summed E-state index contributed by atoms with van der Waals surface area (Å²) in [5, 5.41) is 4.02. The van der Waals surface area contributed by atoms with Gasteiger partial charge in [-0.3, -0.25) is 4.79 Å². The highest BCUT2D eigenvalue weighted by molar-refractivity contribution is 9.10. The largest absolute Gasteiger partial charge is 0.495 e. The third-order valence-corrected chi connectivity index (χ3v) is 5.71. The van der Waals surface area contributed by atoms with Crippen molar-refractivity contribution in [2.75, 3.05) is 38.2 Å². The van der Waals surface area contributed by atoms with Gasteiger partial charge in [-0.15, -0.1) is 0 Å². The molecule has 8 heteroatoms. The van der Waals surface area contributed by atoms with Crippen molar-refractivity contribution in [2.24, 2.45) is 0 Å². The van der Waals surface area contributed by atoms with Crippen LogP contribution in [0.5, 0.6) is 5.75 Å². The normalized spacial score (nSPS) is 14.1. The van der Waals surface area contributed by atoms with Crippen molar-refractivity contribution in [3.05, 3.63) is 58.9 Å². The van der Waals surface area contributed by atoms with Crippen molar-refractivity contribution in [3.63, 3.8) is 0 Å². The average Bonchev–Trinajstić information content (AvgIpc) is 3.27. The molecule has 4 rings (SSSR count). The lowest BCUT2D eigenvalue weighted by atomic mass is 10.2. The van der Waals surface area contributed by atoms with E-state index >= 15 is 0 Å². The predicted molar refractivity (Wildman–Crippen MR) is 118 cm³/mol. The fraction of sp³-hybridized carbons (Fsp3) is 0.318.